The van der Waals surface area contributed by atoms with Gasteiger partial charge in [-0.1, -0.05) is 18.2 Å². The van der Waals surface area contributed by atoms with Crippen molar-refractivity contribution in [2.45, 2.75) is 4.90 Å². The van der Waals surface area contributed by atoms with E-state index in [0.717, 1.165) is 12.1 Å². The Morgan fingerprint density at radius 1 is 1.00 bits per heavy atom. The van der Waals surface area contributed by atoms with Gasteiger partial charge < -0.3 is 0 Å². The lowest BCUT2D eigenvalue weighted by atomic mass is 10.3. The second-order valence-corrected chi connectivity index (χ2v) is 7.00. The molecule has 2 rings (SSSR count). The highest BCUT2D eigenvalue weighted by atomic mass is 79.9. The van der Waals surface area contributed by atoms with Crippen molar-refractivity contribution in [2.75, 3.05) is 4.72 Å². The zero-order chi connectivity index (χ0) is 14.0. The Kier molecular flexibility index (Phi) is 4.27. The molecular formula is C12H8Br2FNO2S. The van der Waals surface area contributed by atoms with Crippen molar-refractivity contribution in [2.24, 2.45) is 0 Å². The molecule has 2 aromatic carbocycles. The maximum absolute atomic E-state index is 13.1. The summed E-state index contributed by atoms with van der Waals surface area (Å²) in [6.07, 6.45) is 0. The van der Waals surface area contributed by atoms with Crippen molar-refractivity contribution in [1.82, 2.24) is 0 Å². The fourth-order valence-corrected chi connectivity index (χ4v) is 5.09. The molecule has 0 aliphatic heterocycles. The molecule has 0 aromatic heterocycles. The van der Waals surface area contributed by atoms with E-state index >= 15 is 0 Å². The van der Waals surface area contributed by atoms with Gasteiger partial charge in [0.25, 0.3) is 10.0 Å². The quantitative estimate of drug-likeness (QED) is 0.828. The fraction of sp³-hybridized carbons (Fsp3) is 0. The Bertz CT molecular complexity index is 682. The molecule has 0 aliphatic carbocycles. The van der Waals surface area contributed by atoms with Gasteiger partial charge in [-0.2, -0.15) is 0 Å². The third-order valence-corrected chi connectivity index (χ3v) is 5.52. The first-order valence-corrected chi connectivity index (χ1v) is 8.19. The van der Waals surface area contributed by atoms with Gasteiger partial charge in [-0.25, -0.2) is 12.8 Å². The van der Waals surface area contributed by atoms with Crippen LogP contribution in [0.4, 0.5) is 10.1 Å². The van der Waals surface area contributed by atoms with E-state index in [2.05, 4.69) is 36.6 Å². The topological polar surface area (TPSA) is 46.2 Å². The van der Waals surface area contributed by atoms with Crippen LogP contribution in [0, 0.1) is 5.82 Å². The van der Waals surface area contributed by atoms with Crippen LogP contribution in [0.15, 0.2) is 56.3 Å². The van der Waals surface area contributed by atoms with E-state index in [9.17, 15) is 12.8 Å². The van der Waals surface area contributed by atoms with Gasteiger partial charge in [0.1, 0.15) is 10.7 Å². The minimum atomic E-state index is -3.80. The summed E-state index contributed by atoms with van der Waals surface area (Å²) >= 11 is 6.12. The van der Waals surface area contributed by atoms with Crippen LogP contribution in [-0.4, -0.2) is 8.42 Å². The highest BCUT2D eigenvalue weighted by molar-refractivity contribution is 9.11. The third kappa shape index (κ3) is 3.34. The molecule has 0 aliphatic rings. The van der Waals surface area contributed by atoms with E-state index in [-0.39, 0.29) is 13.8 Å². The minimum absolute atomic E-state index is 0.0437. The molecule has 19 heavy (non-hydrogen) atoms. The Morgan fingerprint density at radius 3 is 2.05 bits per heavy atom. The van der Waals surface area contributed by atoms with E-state index in [1.165, 1.54) is 0 Å². The molecule has 0 saturated heterocycles. The van der Waals surface area contributed by atoms with Gasteiger partial charge in [-0.15, -0.1) is 0 Å². The number of halogens is 3. The van der Waals surface area contributed by atoms with Crippen LogP contribution in [0.25, 0.3) is 0 Å². The maximum atomic E-state index is 13.1. The molecule has 0 spiro atoms. The number of sulfonamides is 1. The van der Waals surface area contributed by atoms with Crippen LogP contribution < -0.4 is 4.72 Å². The lowest BCUT2D eigenvalue weighted by Gasteiger charge is -2.11. The van der Waals surface area contributed by atoms with E-state index in [1.54, 1.807) is 30.3 Å². The van der Waals surface area contributed by atoms with Gasteiger partial charge in [0.2, 0.25) is 0 Å². The van der Waals surface area contributed by atoms with Crippen LogP contribution in [0.5, 0.6) is 0 Å². The number of rotatable bonds is 3. The number of nitrogens with one attached hydrogen (secondary N) is 1. The predicted octanol–water partition coefficient (Wildman–Crippen LogP) is 4.15. The van der Waals surface area contributed by atoms with Crippen LogP contribution in [0.3, 0.4) is 0 Å². The Balaban J connectivity index is 2.46. The summed E-state index contributed by atoms with van der Waals surface area (Å²) in [5.41, 5.74) is 0.436. The van der Waals surface area contributed by atoms with E-state index < -0.39 is 15.8 Å². The van der Waals surface area contributed by atoms with Crippen molar-refractivity contribution in [3.05, 3.63) is 57.2 Å². The molecule has 2 aromatic rings. The molecule has 3 nitrogen and oxygen atoms in total. The van der Waals surface area contributed by atoms with Crippen LogP contribution in [-0.2, 0) is 10.0 Å². The number of para-hydroxylation sites is 1. The van der Waals surface area contributed by atoms with Crippen molar-refractivity contribution in [3.8, 4) is 0 Å². The summed E-state index contributed by atoms with van der Waals surface area (Å²) in [5, 5.41) is 0. The number of hydrogen-bond donors (Lipinski definition) is 1. The summed E-state index contributed by atoms with van der Waals surface area (Å²) in [6, 6.07) is 10.7. The van der Waals surface area contributed by atoms with Crippen molar-refractivity contribution >= 4 is 47.6 Å². The molecule has 0 saturated carbocycles. The predicted molar refractivity (Wildman–Crippen MR) is 79.1 cm³/mol. The molecule has 0 bridgehead atoms. The lowest BCUT2D eigenvalue weighted by Crippen LogP contribution is -2.14. The first kappa shape index (κ1) is 14.5. The van der Waals surface area contributed by atoms with Crippen molar-refractivity contribution in [1.29, 1.82) is 0 Å². The van der Waals surface area contributed by atoms with Crippen LogP contribution in [0.2, 0.25) is 0 Å². The van der Waals surface area contributed by atoms with Gasteiger partial charge >= 0.3 is 0 Å². The second kappa shape index (κ2) is 5.60. The highest BCUT2D eigenvalue weighted by Gasteiger charge is 2.22. The molecule has 1 N–H and O–H groups in total. The number of hydrogen-bond acceptors (Lipinski definition) is 2. The molecule has 0 heterocycles. The number of benzene rings is 2. The minimum Gasteiger partial charge on any atom is -0.280 e. The SMILES string of the molecule is O=S(=O)(Nc1ccccc1)c1c(Br)cc(F)cc1Br. The average Bonchev–Trinajstić information content (AvgIpc) is 2.27. The molecular weight excluding hydrogens is 401 g/mol. The van der Waals surface area contributed by atoms with Gasteiger partial charge in [-0.05, 0) is 56.1 Å². The Hall–Kier alpha value is -0.920. The molecule has 0 amide bonds. The first-order valence-electron chi connectivity index (χ1n) is 5.12. The molecule has 100 valence electrons. The molecule has 0 atom stereocenters. The van der Waals surface area contributed by atoms with E-state index in [1.807, 2.05) is 0 Å². The monoisotopic (exact) mass is 407 g/mol. The Morgan fingerprint density at radius 2 is 1.53 bits per heavy atom. The van der Waals surface area contributed by atoms with Crippen molar-refractivity contribution < 1.29 is 12.8 Å². The summed E-state index contributed by atoms with van der Waals surface area (Å²) < 4.78 is 40.4. The molecule has 7 heteroatoms. The summed E-state index contributed by atoms with van der Waals surface area (Å²) in [6.45, 7) is 0. The zero-order valence-electron chi connectivity index (χ0n) is 9.40. The van der Waals surface area contributed by atoms with Crippen LogP contribution >= 0.6 is 31.9 Å². The van der Waals surface area contributed by atoms with Gasteiger partial charge in [0.05, 0.1) is 0 Å². The fourth-order valence-electron chi connectivity index (χ4n) is 1.50. The standard InChI is InChI=1S/C12H8Br2FNO2S/c13-10-6-8(15)7-11(14)12(10)19(17,18)16-9-4-2-1-3-5-9/h1-7,16H. The highest BCUT2D eigenvalue weighted by Crippen LogP contribution is 2.32. The third-order valence-electron chi connectivity index (χ3n) is 2.26. The zero-order valence-corrected chi connectivity index (χ0v) is 13.4. The van der Waals surface area contributed by atoms with E-state index in [0.29, 0.717) is 5.69 Å². The van der Waals surface area contributed by atoms with Gasteiger partial charge in [0.15, 0.2) is 0 Å². The summed E-state index contributed by atoms with van der Waals surface area (Å²) in [5.74, 6) is -0.530. The molecule has 0 unspecified atom stereocenters. The molecule has 0 radical (unpaired) electrons. The summed E-state index contributed by atoms with van der Waals surface area (Å²) in [4.78, 5) is -0.0437. The smallest absolute Gasteiger partial charge is 0.264 e. The van der Waals surface area contributed by atoms with E-state index in [4.69, 9.17) is 0 Å². The normalized spacial score (nSPS) is 11.3. The van der Waals surface area contributed by atoms with Gasteiger partial charge in [0, 0.05) is 14.6 Å². The maximum Gasteiger partial charge on any atom is 0.264 e. The lowest BCUT2D eigenvalue weighted by molar-refractivity contribution is 0.598. The number of anilines is 1. The molecule has 0 fully saturated rings. The summed E-state index contributed by atoms with van der Waals surface area (Å²) in [7, 11) is -3.80. The van der Waals surface area contributed by atoms with Crippen molar-refractivity contribution in [3.63, 3.8) is 0 Å². The second-order valence-electron chi connectivity index (χ2n) is 3.67. The van der Waals surface area contributed by atoms with Gasteiger partial charge in [-0.3, -0.25) is 4.72 Å². The first-order chi connectivity index (χ1) is 8.90. The largest absolute Gasteiger partial charge is 0.280 e. The van der Waals surface area contributed by atoms with Crippen LogP contribution in [0.1, 0.15) is 0 Å². The average molecular weight is 409 g/mol. The Labute approximate surface area is 127 Å².